The maximum Gasteiger partial charge on any atom is 0.137 e. The number of fused-ring (bicyclic) bond motifs is 2. The van der Waals surface area contributed by atoms with Crippen molar-refractivity contribution in [3.05, 3.63) is 76.8 Å². The van der Waals surface area contributed by atoms with Gasteiger partial charge in [-0.1, -0.05) is 47.1 Å². The molecule has 0 saturated carbocycles. The minimum absolute atomic E-state index is 0.476. The molecular weight excluding hydrogens is 445 g/mol. The van der Waals surface area contributed by atoms with Crippen molar-refractivity contribution in [2.45, 2.75) is 14.7 Å². The van der Waals surface area contributed by atoms with Gasteiger partial charge < -0.3 is 4.90 Å². The van der Waals surface area contributed by atoms with Gasteiger partial charge in [0.15, 0.2) is 0 Å². The van der Waals surface area contributed by atoms with Crippen LogP contribution in [0.2, 0.25) is 10.0 Å². The molecule has 1 aliphatic rings. The molecule has 0 amide bonds. The third kappa shape index (κ3) is 4.27. The second-order valence-electron chi connectivity index (χ2n) is 6.39. The zero-order valence-electron chi connectivity index (χ0n) is 15.6. The molecule has 150 valence electrons. The number of nitrogens with zero attached hydrogens (tertiary/aromatic N) is 2. The first-order valence-electron chi connectivity index (χ1n) is 8.99. The number of halogens is 2. The molecule has 0 bridgehead atoms. The first-order chi connectivity index (χ1) is 14.0. The maximum atomic E-state index is 13.3. The molecule has 4 nitrogen and oxygen atoms in total. The van der Waals surface area contributed by atoms with Gasteiger partial charge in [0.2, 0.25) is 0 Å². The van der Waals surface area contributed by atoms with Gasteiger partial charge in [-0.25, -0.2) is 13.3 Å². The van der Waals surface area contributed by atoms with Crippen LogP contribution in [0.15, 0.2) is 85.8 Å². The Morgan fingerprint density at radius 3 is 2.41 bits per heavy atom. The lowest BCUT2D eigenvalue weighted by Gasteiger charge is -2.33. The van der Waals surface area contributed by atoms with Crippen molar-refractivity contribution in [1.82, 2.24) is 4.72 Å². The predicted octanol–water partition coefficient (Wildman–Crippen LogP) is 6.26. The number of nitrogens with one attached hydrogen (secondary N) is 1. The summed E-state index contributed by atoms with van der Waals surface area (Å²) >= 11 is 14.0. The molecule has 3 aromatic rings. The van der Waals surface area contributed by atoms with Crippen LogP contribution >= 0.6 is 35.0 Å². The van der Waals surface area contributed by atoms with Crippen LogP contribution in [-0.2, 0) is 9.92 Å². The largest absolute Gasteiger partial charge is 0.338 e. The smallest absolute Gasteiger partial charge is 0.137 e. The molecule has 0 aliphatic carbocycles. The highest BCUT2D eigenvalue weighted by atomic mass is 35.5. The van der Waals surface area contributed by atoms with E-state index in [2.05, 4.69) is 26.1 Å². The molecule has 1 unspecified atom stereocenters. The third-order valence-electron chi connectivity index (χ3n) is 4.61. The van der Waals surface area contributed by atoms with Gasteiger partial charge in [0.05, 0.1) is 16.3 Å². The first-order valence-corrected chi connectivity index (χ1v) is 12.1. The van der Waals surface area contributed by atoms with Gasteiger partial charge in [0, 0.05) is 40.0 Å². The van der Waals surface area contributed by atoms with Crippen molar-refractivity contribution in [3.8, 4) is 0 Å². The summed E-state index contributed by atoms with van der Waals surface area (Å²) in [6.07, 6.45) is 0. The van der Waals surface area contributed by atoms with E-state index in [4.69, 9.17) is 23.2 Å². The summed E-state index contributed by atoms with van der Waals surface area (Å²) in [6.45, 7) is 1.09. The Labute approximate surface area is 185 Å². The minimum atomic E-state index is -2.73. The van der Waals surface area contributed by atoms with E-state index in [1.165, 1.54) is 4.90 Å². The van der Waals surface area contributed by atoms with Gasteiger partial charge in [-0.05, 0) is 54.6 Å². The van der Waals surface area contributed by atoms with E-state index in [1.54, 1.807) is 43.1 Å². The molecule has 1 atom stereocenters. The van der Waals surface area contributed by atoms with Crippen molar-refractivity contribution in [2.24, 2.45) is 4.36 Å². The summed E-state index contributed by atoms with van der Waals surface area (Å²) in [4.78, 5) is 5.15. The van der Waals surface area contributed by atoms with E-state index in [0.29, 0.717) is 28.0 Å². The summed E-state index contributed by atoms with van der Waals surface area (Å²) in [5.74, 6) is 0. The molecular formula is C21H19Cl2N3OS2. The van der Waals surface area contributed by atoms with Crippen LogP contribution in [0.5, 0.6) is 0 Å². The monoisotopic (exact) mass is 463 g/mol. The molecule has 0 radical (unpaired) electrons. The van der Waals surface area contributed by atoms with E-state index in [-0.39, 0.29) is 0 Å². The average Bonchev–Trinajstić information content (AvgIpc) is 2.74. The lowest BCUT2D eigenvalue weighted by molar-refractivity contribution is 0.663. The van der Waals surface area contributed by atoms with Crippen molar-refractivity contribution >= 4 is 56.3 Å². The molecule has 0 aromatic heterocycles. The van der Waals surface area contributed by atoms with E-state index >= 15 is 0 Å². The highest BCUT2D eigenvalue weighted by molar-refractivity contribution is 7.99. The number of anilines is 2. The number of benzene rings is 3. The molecule has 0 fully saturated rings. The Bertz CT molecular complexity index is 1160. The molecule has 1 N–H and O–H groups in total. The number of hydrogen-bond donors (Lipinski definition) is 1. The first kappa shape index (κ1) is 20.6. The van der Waals surface area contributed by atoms with Gasteiger partial charge >= 0.3 is 0 Å². The average molecular weight is 464 g/mol. The van der Waals surface area contributed by atoms with Crippen LogP contribution in [0.4, 0.5) is 11.4 Å². The Morgan fingerprint density at radius 1 is 0.966 bits per heavy atom. The van der Waals surface area contributed by atoms with Crippen LogP contribution < -0.4 is 9.62 Å². The Balaban J connectivity index is 1.59. The summed E-state index contributed by atoms with van der Waals surface area (Å²) < 4.78 is 20.6. The number of para-hydroxylation sites is 1. The zero-order chi connectivity index (χ0) is 20.4. The Kier molecular flexibility index (Phi) is 6.08. The quantitative estimate of drug-likeness (QED) is 0.485. The fraction of sp³-hybridized carbons (Fsp3) is 0.143. The summed E-state index contributed by atoms with van der Waals surface area (Å²) in [7, 11) is -1.17. The molecule has 1 heterocycles. The fourth-order valence-electron chi connectivity index (χ4n) is 3.21. The summed E-state index contributed by atoms with van der Waals surface area (Å²) in [5.41, 5.74) is 2.16. The Morgan fingerprint density at radius 2 is 1.66 bits per heavy atom. The Hall–Kier alpha value is -1.70. The van der Waals surface area contributed by atoms with Crippen molar-refractivity contribution in [2.75, 3.05) is 25.0 Å². The summed E-state index contributed by atoms with van der Waals surface area (Å²) in [5, 5.41) is 1.29. The molecule has 1 aliphatic heterocycles. The van der Waals surface area contributed by atoms with Crippen LogP contribution in [0.3, 0.4) is 0 Å². The molecule has 3 aromatic carbocycles. The zero-order valence-corrected chi connectivity index (χ0v) is 18.8. The second-order valence-corrected chi connectivity index (χ2v) is 10.5. The topological polar surface area (TPSA) is 44.7 Å². The molecule has 4 rings (SSSR count). The van der Waals surface area contributed by atoms with E-state index in [1.807, 2.05) is 30.3 Å². The summed E-state index contributed by atoms with van der Waals surface area (Å²) in [6, 6.07) is 21.1. The second kappa shape index (κ2) is 8.58. The van der Waals surface area contributed by atoms with Crippen molar-refractivity contribution < 1.29 is 4.21 Å². The SMILES string of the molecule is CN=S(=O)(NCCN1c2ccccc2Sc2ccc(Cl)cc21)c1ccc(Cl)cc1. The molecule has 29 heavy (non-hydrogen) atoms. The predicted molar refractivity (Wildman–Crippen MR) is 123 cm³/mol. The van der Waals surface area contributed by atoms with Crippen LogP contribution in [0, 0.1) is 0 Å². The normalized spacial score (nSPS) is 14.7. The molecule has 0 spiro atoms. The lowest BCUT2D eigenvalue weighted by Crippen LogP contribution is -2.33. The highest BCUT2D eigenvalue weighted by Crippen LogP contribution is 2.48. The maximum absolute atomic E-state index is 13.3. The van der Waals surface area contributed by atoms with Gasteiger partial charge in [-0.2, -0.15) is 0 Å². The van der Waals surface area contributed by atoms with Crippen LogP contribution in [0.25, 0.3) is 0 Å². The minimum Gasteiger partial charge on any atom is -0.338 e. The fourth-order valence-corrected chi connectivity index (χ4v) is 5.96. The van der Waals surface area contributed by atoms with Crippen LogP contribution in [0.1, 0.15) is 0 Å². The number of hydrogen-bond acceptors (Lipinski definition) is 4. The van der Waals surface area contributed by atoms with Gasteiger partial charge in [-0.15, -0.1) is 0 Å². The van der Waals surface area contributed by atoms with Crippen molar-refractivity contribution in [3.63, 3.8) is 0 Å². The van der Waals surface area contributed by atoms with Gasteiger partial charge in [0.25, 0.3) is 0 Å². The third-order valence-corrected chi connectivity index (χ3v) is 8.25. The molecule has 8 heteroatoms. The van der Waals surface area contributed by atoms with Crippen molar-refractivity contribution in [1.29, 1.82) is 0 Å². The van der Waals surface area contributed by atoms with E-state index in [0.717, 1.165) is 16.3 Å². The standard InChI is InChI=1S/C21H19Cl2N3OS2/c1-24-29(27,17-9-6-15(22)7-10-17)25-12-13-26-18-4-2-3-5-20(18)28-21-11-8-16(23)14-19(21)26/h2-11,14H,12-13H2,1H3,(H,24,25,27). The van der Waals surface area contributed by atoms with E-state index in [9.17, 15) is 4.21 Å². The van der Waals surface area contributed by atoms with Crippen LogP contribution in [-0.4, -0.2) is 24.3 Å². The van der Waals surface area contributed by atoms with Gasteiger partial charge in [0.1, 0.15) is 9.92 Å². The van der Waals surface area contributed by atoms with Gasteiger partial charge in [-0.3, -0.25) is 0 Å². The number of rotatable bonds is 5. The van der Waals surface area contributed by atoms with E-state index < -0.39 is 9.92 Å². The highest BCUT2D eigenvalue weighted by Gasteiger charge is 2.23. The lowest BCUT2D eigenvalue weighted by atomic mass is 10.2. The molecule has 0 saturated heterocycles.